The molecule has 1 fully saturated rings. The van der Waals surface area contributed by atoms with Crippen LogP contribution >= 0.6 is 0 Å². The molecule has 2 heterocycles. The molecule has 1 saturated heterocycles. The van der Waals surface area contributed by atoms with Crippen LogP contribution in [0.2, 0.25) is 0 Å². The van der Waals surface area contributed by atoms with Gasteiger partial charge in [-0.05, 0) is 30.3 Å². The molecule has 10 heteroatoms. The van der Waals surface area contributed by atoms with Crippen LogP contribution in [0.5, 0.6) is 23.0 Å². The largest absolute Gasteiger partial charge is 0.497 e. The molecule has 0 radical (unpaired) electrons. The number of aliphatic hydroxyl groups is 1. The highest BCUT2D eigenvalue weighted by molar-refractivity contribution is 6.14. The van der Waals surface area contributed by atoms with E-state index in [1.807, 2.05) is 0 Å². The van der Waals surface area contributed by atoms with Crippen LogP contribution in [-0.4, -0.2) is 72.3 Å². The zero-order valence-corrected chi connectivity index (χ0v) is 18.5. The number of allylic oxidation sites excluding steroid dienone is 1. The number of carbonyl (C=O) groups excluding carboxylic acids is 2. The van der Waals surface area contributed by atoms with Crippen molar-refractivity contribution in [2.75, 3.05) is 27.4 Å². The Bertz CT molecular complexity index is 1170. The maximum atomic E-state index is 12.8. The third kappa shape index (κ3) is 4.53. The summed E-state index contributed by atoms with van der Waals surface area (Å²) in [6.45, 7) is -0.487. The number of carbonyl (C=O) groups is 3. The van der Waals surface area contributed by atoms with Gasteiger partial charge in [-0.1, -0.05) is 0 Å². The van der Waals surface area contributed by atoms with Crippen LogP contribution in [0, 0.1) is 0 Å². The van der Waals surface area contributed by atoms with Crippen molar-refractivity contribution in [2.24, 2.45) is 0 Å². The number of hydrogen-bond acceptors (Lipinski definition) is 8. The Hall–Kier alpha value is -4.05. The van der Waals surface area contributed by atoms with Gasteiger partial charge in [-0.3, -0.25) is 9.59 Å². The maximum Gasteiger partial charge on any atom is 0.326 e. The molecule has 10 nitrogen and oxygen atoms in total. The molecule has 4 rings (SSSR count). The van der Waals surface area contributed by atoms with Gasteiger partial charge in [-0.25, -0.2) is 4.79 Å². The van der Waals surface area contributed by atoms with Gasteiger partial charge in [0.15, 0.2) is 12.4 Å². The van der Waals surface area contributed by atoms with Crippen molar-refractivity contribution in [3.63, 3.8) is 0 Å². The number of likely N-dealkylation sites (tertiary alicyclic amines) is 1. The van der Waals surface area contributed by atoms with Gasteiger partial charge in [0.1, 0.15) is 29.0 Å². The molecule has 2 atom stereocenters. The Labute approximate surface area is 194 Å². The van der Waals surface area contributed by atoms with Crippen LogP contribution in [0.1, 0.15) is 22.3 Å². The summed E-state index contributed by atoms with van der Waals surface area (Å²) < 4.78 is 21.8. The number of ether oxygens (including phenoxy) is 4. The highest BCUT2D eigenvalue weighted by Gasteiger charge is 2.39. The number of aliphatic carboxylic acids is 1. The van der Waals surface area contributed by atoms with E-state index in [-0.39, 0.29) is 36.0 Å². The van der Waals surface area contributed by atoms with Crippen molar-refractivity contribution in [1.82, 2.24) is 4.90 Å². The lowest BCUT2D eigenvalue weighted by Crippen LogP contribution is -2.42. The van der Waals surface area contributed by atoms with Gasteiger partial charge in [-0.2, -0.15) is 0 Å². The molecule has 34 heavy (non-hydrogen) atoms. The van der Waals surface area contributed by atoms with Gasteiger partial charge in [0.2, 0.25) is 5.78 Å². The fourth-order valence-electron chi connectivity index (χ4n) is 3.89. The van der Waals surface area contributed by atoms with E-state index in [0.717, 1.165) is 4.90 Å². The number of nitrogens with zero attached hydrogens (tertiary/aromatic N) is 1. The second kappa shape index (κ2) is 9.44. The molecule has 0 saturated carbocycles. The molecule has 0 bridgehead atoms. The fourth-order valence-corrected chi connectivity index (χ4v) is 3.89. The van der Waals surface area contributed by atoms with E-state index < -0.39 is 30.6 Å². The van der Waals surface area contributed by atoms with E-state index in [1.54, 1.807) is 31.4 Å². The fraction of sp³-hybridized carbons (Fsp3) is 0.292. The van der Waals surface area contributed by atoms with Crippen LogP contribution < -0.4 is 18.9 Å². The highest BCUT2D eigenvalue weighted by Crippen LogP contribution is 2.36. The molecule has 2 N–H and O–H groups in total. The number of Topliss-reactive ketones (excluding diaryl/α,β-unsaturated/α-hetero) is 1. The number of carboxylic acid groups (broad SMARTS) is 1. The molecule has 2 aliphatic rings. The summed E-state index contributed by atoms with van der Waals surface area (Å²) >= 11 is 0. The van der Waals surface area contributed by atoms with Crippen molar-refractivity contribution in [3.8, 4) is 23.0 Å². The van der Waals surface area contributed by atoms with E-state index in [9.17, 15) is 24.6 Å². The highest BCUT2D eigenvalue weighted by atomic mass is 16.5. The lowest BCUT2D eigenvalue weighted by atomic mass is 10.1. The third-order valence-corrected chi connectivity index (χ3v) is 5.62. The Kier molecular flexibility index (Phi) is 6.42. The first-order chi connectivity index (χ1) is 16.3. The first-order valence-corrected chi connectivity index (χ1v) is 10.4. The van der Waals surface area contributed by atoms with Crippen molar-refractivity contribution >= 4 is 23.7 Å². The molecule has 2 aromatic rings. The number of benzene rings is 2. The Balaban J connectivity index is 1.46. The second-order valence-corrected chi connectivity index (χ2v) is 7.78. The molecule has 1 unspecified atom stereocenters. The van der Waals surface area contributed by atoms with Crippen LogP contribution in [0.15, 0.2) is 42.2 Å². The first-order valence-electron chi connectivity index (χ1n) is 10.4. The molecule has 0 spiro atoms. The van der Waals surface area contributed by atoms with Gasteiger partial charge in [0.05, 0.1) is 25.9 Å². The average molecular weight is 469 g/mol. The van der Waals surface area contributed by atoms with Gasteiger partial charge >= 0.3 is 5.97 Å². The molecule has 0 aliphatic carbocycles. The maximum absolute atomic E-state index is 12.8. The van der Waals surface area contributed by atoms with Gasteiger partial charge in [0.25, 0.3) is 5.91 Å². The number of fused-ring (bicyclic) bond motifs is 1. The van der Waals surface area contributed by atoms with E-state index in [2.05, 4.69) is 0 Å². The topological polar surface area (TPSA) is 132 Å². The van der Waals surface area contributed by atoms with Gasteiger partial charge in [-0.15, -0.1) is 0 Å². The smallest absolute Gasteiger partial charge is 0.326 e. The summed E-state index contributed by atoms with van der Waals surface area (Å²) in [6.07, 6.45) is 0.651. The third-order valence-electron chi connectivity index (χ3n) is 5.62. The summed E-state index contributed by atoms with van der Waals surface area (Å²) in [5, 5.41) is 18.9. The number of carboxylic acids is 1. The van der Waals surface area contributed by atoms with E-state index in [4.69, 9.17) is 18.9 Å². The molecular weight excluding hydrogens is 446 g/mol. The minimum atomic E-state index is -1.18. The number of aliphatic hydroxyl groups excluding tert-OH is 1. The number of rotatable bonds is 7. The summed E-state index contributed by atoms with van der Waals surface area (Å²) in [7, 11) is 3.05. The van der Waals surface area contributed by atoms with Crippen molar-refractivity contribution < 1.29 is 43.5 Å². The number of amides is 1. The molecule has 2 aromatic carbocycles. The molecule has 0 aromatic heterocycles. The minimum absolute atomic E-state index is 0.0238. The lowest BCUT2D eigenvalue weighted by molar-refractivity contribution is -0.148. The molecule has 1 amide bonds. The zero-order chi connectivity index (χ0) is 24.4. The molecule has 178 valence electrons. The number of hydrogen-bond donors (Lipinski definition) is 2. The van der Waals surface area contributed by atoms with Crippen molar-refractivity contribution in [2.45, 2.75) is 18.6 Å². The summed E-state index contributed by atoms with van der Waals surface area (Å²) in [5.74, 6) is -0.295. The van der Waals surface area contributed by atoms with Crippen LogP contribution in [0.3, 0.4) is 0 Å². The standard InChI is InChI=1S/C24H23NO9/c1-31-15-4-3-13(19(9-15)32-2)7-21-23(28)17-6-5-16(10-20(17)34-21)33-12-22(27)25-11-14(26)8-18(25)24(29)30/h3-7,9-10,14,18,26H,8,11-12H2,1-2H3,(H,29,30)/t14?,18-/m0/s1. The summed E-state index contributed by atoms with van der Waals surface area (Å²) in [5.41, 5.74) is 0.966. The Morgan fingerprint density at radius 2 is 1.91 bits per heavy atom. The van der Waals surface area contributed by atoms with Crippen molar-refractivity contribution in [3.05, 3.63) is 53.3 Å². The quantitative estimate of drug-likeness (QED) is 0.582. The monoisotopic (exact) mass is 469 g/mol. The Morgan fingerprint density at radius 3 is 2.62 bits per heavy atom. The predicted octanol–water partition coefficient (Wildman–Crippen LogP) is 1.75. The van der Waals surface area contributed by atoms with E-state index in [0.29, 0.717) is 22.6 Å². The summed E-state index contributed by atoms with van der Waals surface area (Å²) in [4.78, 5) is 37.6. The first kappa shape index (κ1) is 23.1. The van der Waals surface area contributed by atoms with Gasteiger partial charge < -0.3 is 34.1 Å². The SMILES string of the molecule is COc1ccc(C=C2Oc3cc(OCC(=O)N4CC(O)C[C@H]4C(=O)O)ccc3C2=O)c(OC)c1. The second-order valence-electron chi connectivity index (χ2n) is 7.78. The van der Waals surface area contributed by atoms with Crippen molar-refractivity contribution in [1.29, 1.82) is 0 Å². The lowest BCUT2D eigenvalue weighted by Gasteiger charge is -2.21. The average Bonchev–Trinajstić information content (AvgIpc) is 3.37. The molecule has 2 aliphatic heterocycles. The van der Waals surface area contributed by atoms with Crippen LogP contribution in [-0.2, 0) is 9.59 Å². The minimum Gasteiger partial charge on any atom is -0.497 e. The molecular formula is C24H23NO9. The number of ketones is 1. The van der Waals surface area contributed by atoms with Crippen LogP contribution in [0.25, 0.3) is 6.08 Å². The zero-order valence-electron chi connectivity index (χ0n) is 18.5. The normalized spacial score (nSPS) is 20.1. The predicted molar refractivity (Wildman–Crippen MR) is 118 cm³/mol. The number of methoxy groups -OCH3 is 2. The van der Waals surface area contributed by atoms with Crippen LogP contribution in [0.4, 0.5) is 0 Å². The van der Waals surface area contributed by atoms with Gasteiger partial charge in [0, 0.05) is 30.7 Å². The number of β-amino-alcohol motifs (C(OH)–C–C–N with tert-alkyl or cyclic N) is 1. The van der Waals surface area contributed by atoms with E-state index in [1.165, 1.54) is 25.3 Å². The summed E-state index contributed by atoms with van der Waals surface area (Å²) in [6, 6.07) is 8.62. The van der Waals surface area contributed by atoms with E-state index >= 15 is 0 Å². The Morgan fingerprint density at radius 1 is 1.15 bits per heavy atom.